The second-order valence-corrected chi connectivity index (χ2v) is 7.03. The molecule has 4 nitrogen and oxygen atoms in total. The monoisotopic (exact) mass is 335 g/mol. The molecule has 119 valence electrons. The Bertz CT molecular complexity index is 921. The number of rotatable bonds is 1. The summed E-state index contributed by atoms with van der Waals surface area (Å²) in [6.07, 6.45) is -0.440. The maximum atomic E-state index is 10.4. The van der Waals surface area contributed by atoms with Crippen LogP contribution in [-0.4, -0.2) is 11.7 Å². The van der Waals surface area contributed by atoms with Crippen LogP contribution in [0.5, 0.6) is 11.5 Å². The summed E-state index contributed by atoms with van der Waals surface area (Å²) in [5.74, 6) is 1.56. The van der Waals surface area contributed by atoms with Crippen LogP contribution in [0.25, 0.3) is 0 Å². The van der Waals surface area contributed by atoms with Crippen molar-refractivity contribution >= 4 is 28.4 Å². The van der Waals surface area contributed by atoms with Crippen LogP contribution < -0.4 is 15.0 Å². The van der Waals surface area contributed by atoms with E-state index in [-0.39, 0.29) is 0 Å². The second kappa shape index (κ2) is 5.26. The van der Waals surface area contributed by atoms with E-state index < -0.39 is 6.10 Å². The minimum atomic E-state index is -0.440. The van der Waals surface area contributed by atoms with Crippen molar-refractivity contribution in [2.75, 3.05) is 11.4 Å². The number of benzene rings is 2. The van der Waals surface area contributed by atoms with Gasteiger partial charge in [-0.2, -0.15) is 0 Å². The molecule has 0 bridgehead atoms. The number of anilines is 1. The van der Waals surface area contributed by atoms with Crippen molar-refractivity contribution in [1.82, 2.24) is 5.32 Å². The summed E-state index contributed by atoms with van der Waals surface area (Å²) in [6.45, 7) is 1.42. The Balaban J connectivity index is 1.47. The van der Waals surface area contributed by atoms with E-state index in [2.05, 4.69) is 4.90 Å². The van der Waals surface area contributed by atoms with Crippen LogP contribution in [-0.2, 0) is 6.54 Å². The van der Waals surface area contributed by atoms with E-state index >= 15 is 0 Å². The SMILES string of the molecule is OC1CN(c2ccc3c(c2)[N]c2ccccc2O3)Cc2sccc21. The summed E-state index contributed by atoms with van der Waals surface area (Å²) in [5, 5.41) is 17.1. The van der Waals surface area contributed by atoms with Crippen LogP contribution >= 0.6 is 11.3 Å². The van der Waals surface area contributed by atoms with Crippen molar-refractivity contribution in [3.8, 4) is 11.5 Å². The minimum absolute atomic E-state index is 0.440. The number of aliphatic hydroxyl groups excluding tert-OH is 1. The van der Waals surface area contributed by atoms with Crippen LogP contribution in [0, 0.1) is 0 Å². The lowest BCUT2D eigenvalue weighted by Crippen LogP contribution is -2.32. The zero-order valence-corrected chi connectivity index (χ0v) is 13.7. The summed E-state index contributed by atoms with van der Waals surface area (Å²) >= 11 is 1.70. The van der Waals surface area contributed by atoms with E-state index in [0.29, 0.717) is 6.54 Å². The fourth-order valence-electron chi connectivity index (χ4n) is 3.28. The van der Waals surface area contributed by atoms with Gasteiger partial charge < -0.3 is 14.7 Å². The van der Waals surface area contributed by atoms with Crippen LogP contribution in [0.4, 0.5) is 17.1 Å². The fraction of sp³-hybridized carbons (Fsp3) is 0.158. The van der Waals surface area contributed by atoms with Crippen LogP contribution in [0.15, 0.2) is 53.9 Å². The third-order valence-electron chi connectivity index (χ3n) is 4.50. The molecule has 0 fully saturated rings. The number of hydrogen-bond acceptors (Lipinski definition) is 4. The second-order valence-electron chi connectivity index (χ2n) is 6.03. The first-order chi connectivity index (χ1) is 11.8. The molecule has 1 radical (unpaired) electrons. The lowest BCUT2D eigenvalue weighted by atomic mass is 10.0. The molecule has 0 spiro atoms. The molecule has 1 unspecified atom stereocenters. The van der Waals surface area contributed by atoms with Gasteiger partial charge in [-0.3, -0.25) is 0 Å². The largest absolute Gasteiger partial charge is 0.453 e. The van der Waals surface area contributed by atoms with Gasteiger partial charge in [0.15, 0.2) is 11.5 Å². The molecule has 5 heteroatoms. The standard InChI is InChI=1S/C19H15N2O2S/c22-16-10-21(11-19-13(16)7-8-24-19)12-5-6-18-15(9-12)20-14-3-1-2-4-17(14)23-18/h1-9,16,22H,10-11H2. The molecule has 1 N–H and O–H groups in total. The summed E-state index contributed by atoms with van der Waals surface area (Å²) < 4.78 is 5.93. The van der Waals surface area contributed by atoms with Crippen molar-refractivity contribution in [1.29, 1.82) is 0 Å². The normalized spacial score (nSPS) is 18.0. The number of β-amino-alcohol motifs (C(OH)–C–C–N with tert-alkyl or cyclic N) is 1. The van der Waals surface area contributed by atoms with Gasteiger partial charge in [-0.05, 0) is 47.3 Å². The first-order valence-electron chi connectivity index (χ1n) is 7.90. The summed E-state index contributed by atoms with van der Waals surface area (Å²) in [5.41, 5.74) is 3.80. The molecule has 2 aromatic carbocycles. The zero-order chi connectivity index (χ0) is 16.1. The van der Waals surface area contributed by atoms with Crippen LogP contribution in [0.2, 0.25) is 0 Å². The highest BCUT2D eigenvalue weighted by Crippen LogP contribution is 2.44. The van der Waals surface area contributed by atoms with Gasteiger partial charge in [-0.15, -0.1) is 11.3 Å². The molecule has 0 saturated carbocycles. The smallest absolute Gasteiger partial charge is 0.153 e. The molecule has 1 aromatic heterocycles. The number of hydrogen-bond donors (Lipinski definition) is 1. The topological polar surface area (TPSA) is 46.8 Å². The van der Waals surface area contributed by atoms with E-state index in [4.69, 9.17) is 10.1 Å². The van der Waals surface area contributed by atoms with Gasteiger partial charge in [0.2, 0.25) is 0 Å². The maximum Gasteiger partial charge on any atom is 0.153 e. The van der Waals surface area contributed by atoms with Gasteiger partial charge in [-0.1, -0.05) is 12.1 Å². The Hall–Kier alpha value is -2.50. The van der Waals surface area contributed by atoms with Gasteiger partial charge in [0.1, 0.15) is 11.4 Å². The number of nitrogens with zero attached hydrogens (tertiary/aromatic N) is 2. The molecule has 0 aliphatic carbocycles. The molecular weight excluding hydrogens is 320 g/mol. The van der Waals surface area contributed by atoms with E-state index in [1.165, 1.54) is 4.88 Å². The van der Waals surface area contributed by atoms with Crippen molar-refractivity contribution in [2.45, 2.75) is 12.6 Å². The number of ether oxygens (including phenoxy) is 1. The van der Waals surface area contributed by atoms with Gasteiger partial charge in [-0.25, -0.2) is 5.32 Å². The lowest BCUT2D eigenvalue weighted by molar-refractivity contribution is 0.176. The Labute approximate surface area is 143 Å². The van der Waals surface area contributed by atoms with Crippen LogP contribution in [0.3, 0.4) is 0 Å². The molecule has 1 atom stereocenters. The Morgan fingerprint density at radius 2 is 1.96 bits per heavy atom. The highest BCUT2D eigenvalue weighted by molar-refractivity contribution is 7.10. The van der Waals surface area contributed by atoms with Gasteiger partial charge in [0, 0.05) is 17.1 Å². The van der Waals surface area contributed by atoms with Crippen molar-refractivity contribution < 1.29 is 9.84 Å². The van der Waals surface area contributed by atoms with E-state index in [1.807, 2.05) is 53.9 Å². The molecule has 3 heterocycles. The zero-order valence-electron chi connectivity index (χ0n) is 12.8. The molecule has 0 saturated heterocycles. The van der Waals surface area contributed by atoms with Crippen molar-refractivity contribution in [3.63, 3.8) is 0 Å². The first kappa shape index (κ1) is 13.9. The summed E-state index contributed by atoms with van der Waals surface area (Å²) in [6, 6.07) is 15.8. The molecule has 2 aliphatic rings. The fourth-order valence-corrected chi connectivity index (χ4v) is 4.23. The predicted molar refractivity (Wildman–Crippen MR) is 94.7 cm³/mol. The summed E-state index contributed by atoms with van der Waals surface area (Å²) in [7, 11) is 0. The van der Waals surface area contributed by atoms with Gasteiger partial charge in [0.05, 0.1) is 12.6 Å². The molecule has 5 rings (SSSR count). The average Bonchev–Trinajstić information content (AvgIpc) is 3.08. The molecule has 24 heavy (non-hydrogen) atoms. The maximum absolute atomic E-state index is 10.4. The number of aliphatic hydroxyl groups is 1. The van der Waals surface area contributed by atoms with Crippen LogP contribution in [0.1, 0.15) is 16.5 Å². The molecular formula is C19H15N2O2S. The van der Waals surface area contributed by atoms with Crippen molar-refractivity contribution in [2.24, 2.45) is 0 Å². The Morgan fingerprint density at radius 3 is 2.92 bits per heavy atom. The number of para-hydroxylation sites is 2. The Morgan fingerprint density at radius 1 is 1.08 bits per heavy atom. The third kappa shape index (κ3) is 2.17. The lowest BCUT2D eigenvalue weighted by Gasteiger charge is -2.32. The van der Waals surface area contributed by atoms with Gasteiger partial charge in [0.25, 0.3) is 0 Å². The summed E-state index contributed by atoms with van der Waals surface area (Å²) in [4.78, 5) is 3.42. The van der Waals surface area contributed by atoms with Crippen molar-refractivity contribution in [3.05, 3.63) is 64.4 Å². The highest BCUT2D eigenvalue weighted by Gasteiger charge is 2.26. The Kier molecular flexibility index (Phi) is 3.04. The molecule has 2 aliphatic heterocycles. The third-order valence-corrected chi connectivity index (χ3v) is 5.42. The highest BCUT2D eigenvalue weighted by atomic mass is 32.1. The molecule has 0 amide bonds. The van der Waals surface area contributed by atoms with E-state index in [0.717, 1.165) is 40.7 Å². The minimum Gasteiger partial charge on any atom is -0.453 e. The predicted octanol–water partition coefficient (Wildman–Crippen LogP) is 4.48. The first-order valence-corrected chi connectivity index (χ1v) is 8.78. The quantitative estimate of drug-likeness (QED) is 0.558. The van der Waals surface area contributed by atoms with E-state index in [9.17, 15) is 5.11 Å². The van der Waals surface area contributed by atoms with E-state index in [1.54, 1.807) is 11.3 Å². The van der Waals surface area contributed by atoms with Gasteiger partial charge >= 0.3 is 0 Å². The number of fused-ring (bicyclic) bond motifs is 3. The average molecular weight is 335 g/mol. The molecule has 3 aromatic rings. The number of thiophene rings is 1.